The van der Waals surface area contributed by atoms with Gasteiger partial charge >= 0.3 is 12.6 Å². The fourth-order valence-corrected chi connectivity index (χ4v) is 7.32. The molecule has 1 N–H and O–H groups in total. The summed E-state index contributed by atoms with van der Waals surface area (Å²) in [7, 11) is -4.03. The highest BCUT2D eigenvalue weighted by atomic mass is 35.5. The molecule has 288 valence electrons. The van der Waals surface area contributed by atoms with Gasteiger partial charge in [-0.2, -0.15) is 8.78 Å². The van der Waals surface area contributed by atoms with E-state index in [1.165, 1.54) is 53.7 Å². The Bertz CT molecular complexity index is 2040. The second kappa shape index (κ2) is 16.4. The van der Waals surface area contributed by atoms with Gasteiger partial charge in [-0.15, -0.1) is 0 Å². The Morgan fingerprint density at radius 1 is 1.00 bits per heavy atom. The van der Waals surface area contributed by atoms with Crippen LogP contribution in [-0.2, 0) is 35.5 Å². The number of anilines is 1. The standard InChI is InChI=1S/C35H34Cl2F2N4O10S/c1-54(48,49)43(17-31(44)41-8-10-50-11-9-41)22-5-6-23-24(13-22)34(47)42(33(23)46)18-32(45)52-29(14-25-26(36)15-40-16-27(25)37)21-4-7-28(53-35(38)39)30(12-21)51-19-20-2-3-20/h4-7,12-13,15-16,20,29,35H,2-3,8-11,14,17-19H2,1H3/p+1/t29-/m0/s1. The second-order valence-electron chi connectivity index (χ2n) is 12.8. The molecular formula is C35H35Cl2F2N4O10S+. The normalized spacial score (nSPS) is 16.3. The molecule has 0 spiro atoms. The number of morpholine rings is 1. The van der Waals surface area contributed by atoms with Crippen LogP contribution < -0.4 is 18.8 Å². The van der Waals surface area contributed by atoms with Gasteiger partial charge in [-0.05, 0) is 54.7 Å². The highest BCUT2D eigenvalue weighted by molar-refractivity contribution is 7.92. The number of halogens is 4. The minimum atomic E-state index is -4.03. The molecule has 3 heterocycles. The van der Waals surface area contributed by atoms with E-state index in [0.29, 0.717) is 23.7 Å². The van der Waals surface area contributed by atoms with Crippen LogP contribution >= 0.6 is 23.2 Å². The summed E-state index contributed by atoms with van der Waals surface area (Å²) < 4.78 is 74.4. The third-order valence-electron chi connectivity index (χ3n) is 8.96. The van der Waals surface area contributed by atoms with E-state index in [1.54, 1.807) is 0 Å². The molecule has 1 atom stereocenters. The zero-order valence-corrected chi connectivity index (χ0v) is 31.1. The summed E-state index contributed by atoms with van der Waals surface area (Å²) in [5, 5.41) is 0.412. The lowest BCUT2D eigenvalue weighted by molar-refractivity contribution is -0.377. The number of amides is 3. The molecule has 1 aromatic heterocycles. The van der Waals surface area contributed by atoms with E-state index in [2.05, 4.69) is 9.72 Å². The smallest absolute Gasteiger partial charge is 0.387 e. The number of carbonyl (C=O) groups is 4. The Morgan fingerprint density at radius 2 is 1.69 bits per heavy atom. The second-order valence-corrected chi connectivity index (χ2v) is 15.6. The van der Waals surface area contributed by atoms with Crippen LogP contribution in [0.5, 0.6) is 11.5 Å². The molecule has 2 aliphatic heterocycles. The van der Waals surface area contributed by atoms with E-state index in [4.69, 9.17) is 37.4 Å². The van der Waals surface area contributed by atoms with Crippen molar-refractivity contribution in [3.8, 4) is 11.5 Å². The first-order chi connectivity index (χ1) is 25.7. The Kier molecular flexibility index (Phi) is 11.9. The largest absolute Gasteiger partial charge is 0.489 e. The number of aromatic amines is 1. The van der Waals surface area contributed by atoms with Crippen LogP contribution in [0.3, 0.4) is 0 Å². The number of ether oxygens (including phenoxy) is 4. The molecule has 2 fully saturated rings. The van der Waals surface area contributed by atoms with E-state index >= 15 is 0 Å². The lowest BCUT2D eigenvalue weighted by Gasteiger charge is -2.30. The molecule has 3 amide bonds. The molecule has 54 heavy (non-hydrogen) atoms. The highest BCUT2D eigenvalue weighted by Gasteiger charge is 2.39. The van der Waals surface area contributed by atoms with Gasteiger partial charge < -0.3 is 23.8 Å². The number of benzene rings is 2. The molecule has 3 aromatic rings. The summed E-state index contributed by atoms with van der Waals surface area (Å²) in [5.74, 6) is -3.19. The van der Waals surface area contributed by atoms with Crippen molar-refractivity contribution in [3.05, 3.63) is 81.1 Å². The molecule has 0 unspecified atom stereocenters. The van der Waals surface area contributed by atoms with E-state index < -0.39 is 59.5 Å². The van der Waals surface area contributed by atoms with Crippen molar-refractivity contribution in [2.24, 2.45) is 5.92 Å². The maximum Gasteiger partial charge on any atom is 0.387 e. The quantitative estimate of drug-likeness (QED) is 0.162. The number of alkyl halides is 2. The van der Waals surface area contributed by atoms with Crippen molar-refractivity contribution in [2.45, 2.75) is 32.0 Å². The molecule has 2 aromatic carbocycles. The Hall–Kier alpha value is -4.58. The summed E-state index contributed by atoms with van der Waals surface area (Å²) in [6.45, 7) is -3.07. The topological polar surface area (TPSA) is 163 Å². The van der Waals surface area contributed by atoms with Gasteiger partial charge in [-0.3, -0.25) is 28.4 Å². The molecular weight excluding hydrogens is 777 g/mol. The van der Waals surface area contributed by atoms with Gasteiger partial charge in [0.25, 0.3) is 11.8 Å². The first-order valence-corrected chi connectivity index (χ1v) is 19.4. The maximum atomic E-state index is 13.6. The average Bonchev–Trinajstić information content (AvgIpc) is 3.93. The first-order valence-electron chi connectivity index (χ1n) is 16.8. The molecule has 1 saturated carbocycles. The third kappa shape index (κ3) is 9.19. The van der Waals surface area contributed by atoms with Crippen molar-refractivity contribution in [3.63, 3.8) is 0 Å². The van der Waals surface area contributed by atoms with Crippen molar-refractivity contribution in [1.82, 2.24) is 9.80 Å². The lowest BCUT2D eigenvalue weighted by atomic mass is 10.0. The summed E-state index contributed by atoms with van der Waals surface area (Å²) in [4.78, 5) is 58.4. The van der Waals surface area contributed by atoms with Crippen molar-refractivity contribution in [2.75, 3.05) is 56.6 Å². The van der Waals surface area contributed by atoms with Gasteiger partial charge in [0.2, 0.25) is 15.9 Å². The minimum Gasteiger partial charge on any atom is -0.489 e. The van der Waals surface area contributed by atoms with E-state index in [9.17, 15) is 36.4 Å². The van der Waals surface area contributed by atoms with Gasteiger partial charge in [-0.1, -0.05) is 29.3 Å². The predicted molar refractivity (Wildman–Crippen MR) is 188 cm³/mol. The molecule has 0 bridgehead atoms. The predicted octanol–water partition coefficient (Wildman–Crippen LogP) is 3.95. The van der Waals surface area contributed by atoms with E-state index in [-0.39, 0.29) is 76.0 Å². The Labute approximate surface area is 318 Å². The van der Waals surface area contributed by atoms with Gasteiger partial charge in [-0.25, -0.2) is 13.4 Å². The number of fused-ring (bicyclic) bond motifs is 1. The fraction of sp³-hybridized carbons (Fsp3) is 0.400. The number of sulfonamides is 1. The number of nitrogens with zero attached hydrogens (tertiary/aromatic N) is 3. The number of rotatable bonds is 15. The Balaban J connectivity index is 1.23. The van der Waals surface area contributed by atoms with E-state index in [1.807, 2.05) is 0 Å². The first kappa shape index (κ1) is 39.1. The van der Waals surface area contributed by atoms with Crippen LogP contribution in [0.25, 0.3) is 0 Å². The number of hydrogen-bond acceptors (Lipinski definition) is 10. The number of hydrogen-bond donors (Lipinski definition) is 0. The Morgan fingerprint density at radius 3 is 2.33 bits per heavy atom. The van der Waals surface area contributed by atoms with Crippen LogP contribution in [0, 0.1) is 5.92 Å². The molecule has 6 rings (SSSR count). The average molecular weight is 813 g/mol. The maximum absolute atomic E-state index is 13.6. The molecule has 19 heteroatoms. The van der Waals surface area contributed by atoms with Gasteiger partial charge in [0.1, 0.15) is 29.2 Å². The zero-order valence-electron chi connectivity index (χ0n) is 28.8. The van der Waals surface area contributed by atoms with Crippen molar-refractivity contribution in [1.29, 1.82) is 0 Å². The summed E-state index contributed by atoms with van der Waals surface area (Å²) in [6, 6.07) is 7.78. The number of H-pyrrole nitrogens is 1. The van der Waals surface area contributed by atoms with Crippen LogP contribution in [0.15, 0.2) is 48.8 Å². The van der Waals surface area contributed by atoms with Gasteiger partial charge in [0, 0.05) is 25.1 Å². The molecule has 1 saturated heterocycles. The van der Waals surface area contributed by atoms with Crippen LogP contribution in [0.1, 0.15) is 50.8 Å². The molecule has 1 aliphatic carbocycles. The highest BCUT2D eigenvalue weighted by Crippen LogP contribution is 2.38. The lowest BCUT2D eigenvalue weighted by Crippen LogP contribution is -2.47. The van der Waals surface area contributed by atoms with Crippen LogP contribution in [0.4, 0.5) is 14.5 Å². The van der Waals surface area contributed by atoms with Crippen LogP contribution in [0.2, 0.25) is 10.0 Å². The minimum absolute atomic E-state index is 0.00901. The SMILES string of the molecule is CS(=O)(=O)N(CC(=O)N1CCOCC1)c1ccc2c(c1)C(=O)N(CC(=O)O[C@@H](Cc1c(Cl)c[nH+]cc1Cl)c1ccc(OC(F)F)c(OCC3CC3)c1)C2=O. The number of esters is 1. The molecule has 14 nitrogen and oxygen atoms in total. The summed E-state index contributed by atoms with van der Waals surface area (Å²) in [5.41, 5.74) is 0.360. The number of pyridine rings is 1. The van der Waals surface area contributed by atoms with E-state index in [0.717, 1.165) is 23.4 Å². The number of aromatic nitrogens is 1. The van der Waals surface area contributed by atoms with Crippen LogP contribution in [-0.4, -0.2) is 101 Å². The van der Waals surface area contributed by atoms with Crippen molar-refractivity contribution >= 4 is 62.6 Å². The number of imide groups is 1. The molecule has 3 aliphatic rings. The van der Waals surface area contributed by atoms with Gasteiger partial charge in [0.15, 0.2) is 23.9 Å². The zero-order chi connectivity index (χ0) is 38.7. The van der Waals surface area contributed by atoms with Crippen molar-refractivity contribution < 1.29 is 60.3 Å². The fourth-order valence-electron chi connectivity index (χ4n) is 5.95. The number of carbonyl (C=O) groups excluding carboxylic acids is 4. The van der Waals surface area contributed by atoms with Gasteiger partial charge in [0.05, 0.1) is 42.9 Å². The monoisotopic (exact) mass is 811 g/mol. The molecule has 0 radical (unpaired) electrons. The number of nitrogens with one attached hydrogen (secondary N) is 1. The third-order valence-corrected chi connectivity index (χ3v) is 10.8. The summed E-state index contributed by atoms with van der Waals surface area (Å²) in [6.07, 6.45) is 4.41. The summed E-state index contributed by atoms with van der Waals surface area (Å²) >= 11 is 12.8.